The van der Waals surface area contributed by atoms with E-state index in [1.54, 1.807) is 22.9 Å². The van der Waals surface area contributed by atoms with Gasteiger partial charge in [0.25, 0.3) is 0 Å². The maximum absolute atomic E-state index is 13.9. The molecule has 160 valence electrons. The van der Waals surface area contributed by atoms with E-state index < -0.39 is 11.7 Å². The third kappa shape index (κ3) is 3.65. The second kappa shape index (κ2) is 7.39. The zero-order valence-electron chi connectivity index (χ0n) is 16.9. The lowest BCUT2D eigenvalue weighted by atomic mass is 10.0. The Balaban J connectivity index is 1.88. The standard InChI is InChI=1S/C21H23F3N4O2/c1-11(2)30-19-16(6-12(3)9-26-19)27-13-7-14-17-10-25-4-5-28(17)20(29)18(14)15(8-13)21(22,23)24/h6-9,11,25,27,29H,4-5,10H2,1-3H3. The maximum Gasteiger partial charge on any atom is 0.417 e. The third-order valence-electron chi connectivity index (χ3n) is 4.98. The summed E-state index contributed by atoms with van der Waals surface area (Å²) in [7, 11) is 0. The number of aryl methyl sites for hydroxylation is 1. The Morgan fingerprint density at radius 1 is 1.27 bits per heavy atom. The van der Waals surface area contributed by atoms with E-state index in [1.165, 1.54) is 0 Å². The first-order valence-corrected chi connectivity index (χ1v) is 9.71. The van der Waals surface area contributed by atoms with Crippen molar-refractivity contribution in [3.63, 3.8) is 0 Å². The predicted molar refractivity (Wildman–Crippen MR) is 108 cm³/mol. The number of aromatic hydroxyl groups is 1. The van der Waals surface area contributed by atoms with Crippen LogP contribution in [0.1, 0.15) is 30.7 Å². The summed E-state index contributed by atoms with van der Waals surface area (Å²) >= 11 is 0. The molecular weight excluding hydrogens is 397 g/mol. The molecule has 0 spiro atoms. The van der Waals surface area contributed by atoms with Crippen LogP contribution in [0.4, 0.5) is 24.5 Å². The van der Waals surface area contributed by atoms with Gasteiger partial charge in [-0.2, -0.15) is 13.2 Å². The van der Waals surface area contributed by atoms with Crippen LogP contribution in [0.5, 0.6) is 11.8 Å². The summed E-state index contributed by atoms with van der Waals surface area (Å²) in [6.07, 6.45) is -3.13. The number of benzene rings is 1. The van der Waals surface area contributed by atoms with Gasteiger partial charge in [0.15, 0.2) is 5.88 Å². The Bertz CT molecular complexity index is 1110. The number of halogens is 3. The second-order valence-electron chi connectivity index (χ2n) is 7.70. The number of hydrogen-bond acceptors (Lipinski definition) is 5. The molecule has 0 radical (unpaired) electrons. The SMILES string of the molecule is Cc1cnc(OC(C)C)c(Nc2cc(C(F)(F)F)c3c(O)n4c(c3c2)CNCC4)c1. The topological polar surface area (TPSA) is 71.3 Å². The van der Waals surface area contributed by atoms with Crippen molar-refractivity contribution in [3.8, 4) is 11.8 Å². The van der Waals surface area contributed by atoms with Crippen molar-refractivity contribution in [3.05, 3.63) is 41.2 Å². The second-order valence-corrected chi connectivity index (χ2v) is 7.70. The van der Waals surface area contributed by atoms with Crippen LogP contribution in [0.15, 0.2) is 24.4 Å². The average molecular weight is 420 g/mol. The molecule has 0 amide bonds. The molecule has 3 heterocycles. The molecule has 0 aliphatic carbocycles. The molecule has 0 unspecified atom stereocenters. The minimum Gasteiger partial charge on any atom is -0.494 e. The Morgan fingerprint density at radius 3 is 2.73 bits per heavy atom. The van der Waals surface area contributed by atoms with Crippen molar-refractivity contribution >= 4 is 22.1 Å². The number of nitrogens with one attached hydrogen (secondary N) is 2. The quantitative estimate of drug-likeness (QED) is 0.571. The van der Waals surface area contributed by atoms with Crippen LogP contribution in [0.2, 0.25) is 0 Å². The van der Waals surface area contributed by atoms with Gasteiger partial charge >= 0.3 is 6.18 Å². The first-order valence-electron chi connectivity index (χ1n) is 9.71. The summed E-state index contributed by atoms with van der Waals surface area (Å²) < 4.78 is 48.9. The fraction of sp³-hybridized carbons (Fsp3) is 0.381. The van der Waals surface area contributed by atoms with Crippen molar-refractivity contribution in [1.29, 1.82) is 0 Å². The van der Waals surface area contributed by atoms with Crippen LogP contribution in [0.25, 0.3) is 10.8 Å². The molecule has 2 aromatic heterocycles. The van der Waals surface area contributed by atoms with Crippen LogP contribution in [-0.2, 0) is 19.3 Å². The van der Waals surface area contributed by atoms with Crippen LogP contribution in [-0.4, -0.2) is 27.3 Å². The van der Waals surface area contributed by atoms with Gasteiger partial charge in [-0.3, -0.25) is 0 Å². The van der Waals surface area contributed by atoms with Gasteiger partial charge in [0.2, 0.25) is 5.88 Å². The summed E-state index contributed by atoms with van der Waals surface area (Å²) in [5.41, 5.74) is 1.31. The van der Waals surface area contributed by atoms with E-state index in [1.807, 2.05) is 20.8 Å². The molecule has 3 N–H and O–H groups in total. The molecule has 6 nitrogen and oxygen atoms in total. The Kier molecular flexibility index (Phi) is 5.01. The molecule has 1 aliphatic rings. The summed E-state index contributed by atoms with van der Waals surface area (Å²) in [5.74, 6) is -0.0332. The smallest absolute Gasteiger partial charge is 0.417 e. The maximum atomic E-state index is 13.9. The third-order valence-corrected chi connectivity index (χ3v) is 4.98. The van der Waals surface area contributed by atoms with Crippen molar-refractivity contribution in [2.24, 2.45) is 0 Å². The van der Waals surface area contributed by atoms with Gasteiger partial charge in [0, 0.05) is 42.6 Å². The lowest BCUT2D eigenvalue weighted by molar-refractivity contribution is -0.136. The average Bonchev–Trinajstić information content (AvgIpc) is 2.95. The molecular formula is C21H23F3N4O2. The van der Waals surface area contributed by atoms with E-state index in [9.17, 15) is 18.3 Å². The van der Waals surface area contributed by atoms with Gasteiger partial charge in [-0.25, -0.2) is 4.98 Å². The highest BCUT2D eigenvalue weighted by atomic mass is 19.4. The number of aromatic nitrogens is 2. The van der Waals surface area contributed by atoms with Gasteiger partial charge in [-0.1, -0.05) is 0 Å². The molecule has 3 aromatic rings. The monoisotopic (exact) mass is 420 g/mol. The zero-order valence-corrected chi connectivity index (χ0v) is 16.9. The molecule has 0 atom stereocenters. The van der Waals surface area contributed by atoms with E-state index >= 15 is 0 Å². The van der Waals surface area contributed by atoms with E-state index in [2.05, 4.69) is 15.6 Å². The number of rotatable bonds is 4. The van der Waals surface area contributed by atoms with Crippen LogP contribution < -0.4 is 15.4 Å². The summed E-state index contributed by atoms with van der Waals surface area (Å²) in [5, 5.41) is 16.9. The number of alkyl halides is 3. The van der Waals surface area contributed by atoms with Crippen molar-refractivity contribution in [2.75, 3.05) is 11.9 Å². The predicted octanol–water partition coefficient (Wildman–Crippen LogP) is 4.70. The normalized spacial score (nSPS) is 14.2. The number of pyridine rings is 1. The van der Waals surface area contributed by atoms with Gasteiger partial charge in [-0.15, -0.1) is 0 Å². The fourth-order valence-corrected chi connectivity index (χ4v) is 3.76. The summed E-state index contributed by atoms with van der Waals surface area (Å²) in [6.45, 7) is 6.91. The van der Waals surface area contributed by atoms with Crippen LogP contribution in [0.3, 0.4) is 0 Å². The van der Waals surface area contributed by atoms with Gasteiger partial charge in [0.05, 0.1) is 17.1 Å². The number of fused-ring (bicyclic) bond motifs is 3. The van der Waals surface area contributed by atoms with E-state index in [0.717, 1.165) is 11.6 Å². The molecule has 1 aromatic carbocycles. The van der Waals surface area contributed by atoms with Crippen LogP contribution >= 0.6 is 0 Å². The summed E-state index contributed by atoms with van der Waals surface area (Å²) in [4.78, 5) is 4.26. The van der Waals surface area contributed by atoms with Crippen molar-refractivity contribution in [2.45, 2.75) is 46.1 Å². The molecule has 0 fully saturated rings. The molecule has 0 bridgehead atoms. The van der Waals surface area contributed by atoms with E-state index in [4.69, 9.17) is 4.74 Å². The van der Waals surface area contributed by atoms with Gasteiger partial charge < -0.3 is 25.0 Å². The number of anilines is 2. The van der Waals surface area contributed by atoms with Gasteiger partial charge in [0.1, 0.15) is 5.69 Å². The highest BCUT2D eigenvalue weighted by molar-refractivity contribution is 5.97. The summed E-state index contributed by atoms with van der Waals surface area (Å²) in [6, 6.07) is 4.42. The largest absolute Gasteiger partial charge is 0.494 e. The lowest BCUT2D eigenvalue weighted by Gasteiger charge is -2.17. The minimum absolute atomic E-state index is 0.143. The fourth-order valence-electron chi connectivity index (χ4n) is 3.76. The molecule has 4 rings (SSSR count). The molecule has 1 aliphatic heterocycles. The van der Waals surface area contributed by atoms with E-state index in [-0.39, 0.29) is 23.1 Å². The molecule has 0 saturated carbocycles. The zero-order chi connectivity index (χ0) is 21.6. The van der Waals surface area contributed by atoms with Crippen molar-refractivity contribution < 1.29 is 23.0 Å². The van der Waals surface area contributed by atoms with E-state index in [0.29, 0.717) is 42.3 Å². The Morgan fingerprint density at radius 2 is 2.03 bits per heavy atom. The number of hydrogen-bond donors (Lipinski definition) is 3. The lowest BCUT2D eigenvalue weighted by Crippen LogP contribution is -2.27. The van der Waals surface area contributed by atoms with Crippen LogP contribution in [0, 0.1) is 6.92 Å². The highest BCUT2D eigenvalue weighted by Gasteiger charge is 2.36. The molecule has 0 saturated heterocycles. The first kappa shape index (κ1) is 20.3. The Hall–Kier alpha value is -2.94. The molecule has 30 heavy (non-hydrogen) atoms. The molecule has 9 heteroatoms. The Labute approximate surface area is 171 Å². The first-order chi connectivity index (χ1) is 14.1. The highest BCUT2D eigenvalue weighted by Crippen LogP contribution is 2.44. The van der Waals surface area contributed by atoms with Crippen molar-refractivity contribution in [1.82, 2.24) is 14.9 Å². The van der Waals surface area contributed by atoms with Gasteiger partial charge in [-0.05, 0) is 44.5 Å². The number of nitrogens with zero attached hydrogens (tertiary/aromatic N) is 2. The minimum atomic E-state index is -4.62. The number of ether oxygens (including phenoxy) is 1.